The Labute approximate surface area is 116 Å². The van der Waals surface area contributed by atoms with E-state index in [0.29, 0.717) is 30.3 Å². The van der Waals surface area contributed by atoms with Gasteiger partial charge in [-0.15, -0.1) is 0 Å². The molecule has 0 atom stereocenters. The zero-order valence-corrected chi connectivity index (χ0v) is 10.7. The van der Waals surface area contributed by atoms with Crippen molar-refractivity contribution in [1.82, 2.24) is 0 Å². The van der Waals surface area contributed by atoms with Gasteiger partial charge in [0.05, 0.1) is 0 Å². The average Bonchev–Trinajstić information content (AvgIpc) is 3.17. The van der Waals surface area contributed by atoms with Crippen molar-refractivity contribution in [2.24, 2.45) is 5.92 Å². The highest BCUT2D eigenvalue weighted by Gasteiger charge is 2.71. The monoisotopic (exact) mass is 313 g/mol. The van der Waals surface area contributed by atoms with Crippen molar-refractivity contribution in [1.29, 1.82) is 0 Å². The van der Waals surface area contributed by atoms with E-state index in [1.54, 1.807) is 0 Å². The summed E-state index contributed by atoms with van der Waals surface area (Å²) in [6, 6.07) is 3.47. The van der Waals surface area contributed by atoms with Gasteiger partial charge in [0.1, 0.15) is 0 Å². The first kappa shape index (κ1) is 15.9. The average molecular weight is 313 g/mol. The van der Waals surface area contributed by atoms with E-state index < -0.39 is 23.5 Å². The van der Waals surface area contributed by atoms with E-state index >= 15 is 0 Å². The van der Waals surface area contributed by atoms with Crippen LogP contribution >= 0.6 is 0 Å². The standard InChI is InChI=1S/C13H13F6NO/c14-12(15,16)11(21,13(17,18)19)9-3-5-10(6-4-9)20-7-8-1-2-8/h3-6,8,20-21H,1-2,7H2. The number of nitrogens with one attached hydrogen (secondary N) is 1. The Morgan fingerprint density at radius 2 is 1.43 bits per heavy atom. The fourth-order valence-electron chi connectivity index (χ4n) is 1.90. The molecule has 1 aliphatic carbocycles. The normalized spacial score (nSPS) is 16.9. The van der Waals surface area contributed by atoms with Gasteiger partial charge in [-0.25, -0.2) is 0 Å². The van der Waals surface area contributed by atoms with Gasteiger partial charge in [0.15, 0.2) is 0 Å². The number of halogens is 6. The predicted molar refractivity (Wildman–Crippen MR) is 63.7 cm³/mol. The summed E-state index contributed by atoms with van der Waals surface area (Å²) >= 11 is 0. The Bertz CT molecular complexity index is 475. The van der Waals surface area contributed by atoms with Crippen LogP contribution in [-0.4, -0.2) is 24.0 Å². The molecule has 1 aliphatic rings. The molecule has 0 spiro atoms. The second-order valence-corrected chi connectivity index (χ2v) is 5.11. The third-order valence-electron chi connectivity index (χ3n) is 3.41. The van der Waals surface area contributed by atoms with E-state index in [1.165, 1.54) is 0 Å². The van der Waals surface area contributed by atoms with Crippen molar-refractivity contribution >= 4 is 5.69 Å². The maximum absolute atomic E-state index is 12.7. The summed E-state index contributed by atoms with van der Waals surface area (Å²) in [5.41, 5.74) is -5.70. The highest BCUT2D eigenvalue weighted by Crippen LogP contribution is 2.50. The lowest BCUT2D eigenvalue weighted by molar-refractivity contribution is -0.376. The zero-order valence-electron chi connectivity index (χ0n) is 10.7. The van der Waals surface area contributed by atoms with Crippen LogP contribution in [0.4, 0.5) is 32.0 Å². The molecule has 2 N–H and O–H groups in total. The Balaban J connectivity index is 2.24. The first-order valence-electron chi connectivity index (χ1n) is 6.26. The van der Waals surface area contributed by atoms with Crippen LogP contribution in [0.15, 0.2) is 24.3 Å². The molecule has 1 fully saturated rings. The number of anilines is 1. The summed E-state index contributed by atoms with van der Waals surface area (Å²) in [5, 5.41) is 12.1. The van der Waals surface area contributed by atoms with Crippen molar-refractivity contribution < 1.29 is 31.4 Å². The van der Waals surface area contributed by atoms with E-state index in [-0.39, 0.29) is 0 Å². The highest BCUT2D eigenvalue weighted by atomic mass is 19.4. The van der Waals surface area contributed by atoms with Gasteiger partial charge in [-0.1, -0.05) is 12.1 Å². The second-order valence-electron chi connectivity index (χ2n) is 5.11. The molecule has 0 aromatic heterocycles. The third-order valence-corrected chi connectivity index (χ3v) is 3.41. The molecule has 0 amide bonds. The fraction of sp³-hybridized carbons (Fsp3) is 0.538. The lowest BCUT2D eigenvalue weighted by Crippen LogP contribution is -2.53. The molecule has 0 unspecified atom stereocenters. The van der Waals surface area contributed by atoms with Crippen molar-refractivity contribution in [2.75, 3.05) is 11.9 Å². The molecule has 1 aromatic carbocycles. The largest absolute Gasteiger partial charge is 0.430 e. The molecule has 0 aliphatic heterocycles. The molecule has 21 heavy (non-hydrogen) atoms. The van der Waals surface area contributed by atoms with Gasteiger partial charge < -0.3 is 10.4 Å². The third kappa shape index (κ3) is 3.09. The van der Waals surface area contributed by atoms with Crippen molar-refractivity contribution in [3.63, 3.8) is 0 Å². The Kier molecular flexibility index (Phi) is 3.86. The second kappa shape index (κ2) is 5.08. The van der Waals surface area contributed by atoms with E-state index in [0.717, 1.165) is 25.0 Å². The maximum Gasteiger partial charge on any atom is 0.430 e. The maximum atomic E-state index is 12.7. The van der Waals surface area contributed by atoms with Crippen LogP contribution in [0, 0.1) is 5.92 Å². The van der Waals surface area contributed by atoms with Gasteiger partial charge >= 0.3 is 12.4 Å². The highest BCUT2D eigenvalue weighted by molar-refractivity contribution is 5.46. The summed E-state index contributed by atoms with van der Waals surface area (Å²) in [6.07, 6.45) is -9.58. The van der Waals surface area contributed by atoms with Crippen LogP contribution in [0.3, 0.4) is 0 Å². The summed E-state index contributed by atoms with van der Waals surface area (Å²) in [6.45, 7) is 0.627. The van der Waals surface area contributed by atoms with E-state index in [9.17, 15) is 31.4 Å². The number of hydrogen-bond donors (Lipinski definition) is 2. The molecule has 118 valence electrons. The van der Waals surface area contributed by atoms with Crippen LogP contribution in [0.25, 0.3) is 0 Å². The Hall–Kier alpha value is -1.44. The quantitative estimate of drug-likeness (QED) is 0.828. The van der Waals surface area contributed by atoms with E-state index in [2.05, 4.69) is 5.32 Å². The molecule has 0 radical (unpaired) electrons. The molecule has 0 heterocycles. The Morgan fingerprint density at radius 1 is 0.952 bits per heavy atom. The number of aliphatic hydroxyl groups is 1. The van der Waals surface area contributed by atoms with Gasteiger partial charge in [0, 0.05) is 17.8 Å². The van der Waals surface area contributed by atoms with Gasteiger partial charge in [0.25, 0.3) is 5.60 Å². The van der Waals surface area contributed by atoms with Gasteiger partial charge in [0.2, 0.25) is 0 Å². The minimum Gasteiger partial charge on any atom is -0.385 e. The van der Waals surface area contributed by atoms with Crippen LogP contribution in [0.5, 0.6) is 0 Å². The number of alkyl halides is 6. The van der Waals surface area contributed by atoms with Crippen molar-refractivity contribution in [2.45, 2.75) is 30.8 Å². The number of rotatable bonds is 4. The first-order valence-corrected chi connectivity index (χ1v) is 6.26. The molecular formula is C13H13F6NO. The molecule has 1 aromatic rings. The van der Waals surface area contributed by atoms with E-state index in [1.807, 2.05) is 0 Å². The van der Waals surface area contributed by atoms with Crippen molar-refractivity contribution in [3.05, 3.63) is 29.8 Å². The summed E-state index contributed by atoms with van der Waals surface area (Å²) in [4.78, 5) is 0. The van der Waals surface area contributed by atoms with Gasteiger partial charge in [-0.3, -0.25) is 0 Å². The first-order chi connectivity index (χ1) is 9.55. The number of hydrogen-bond acceptors (Lipinski definition) is 2. The molecule has 2 rings (SSSR count). The lowest BCUT2D eigenvalue weighted by Gasteiger charge is -2.32. The van der Waals surface area contributed by atoms with Crippen molar-refractivity contribution in [3.8, 4) is 0 Å². The van der Waals surface area contributed by atoms with Gasteiger partial charge in [-0.2, -0.15) is 26.3 Å². The van der Waals surface area contributed by atoms with Crippen LogP contribution < -0.4 is 5.32 Å². The fourth-order valence-corrected chi connectivity index (χ4v) is 1.90. The predicted octanol–water partition coefficient (Wildman–Crippen LogP) is 3.82. The smallest absolute Gasteiger partial charge is 0.385 e. The molecular weight excluding hydrogens is 300 g/mol. The summed E-state index contributed by atoms with van der Waals surface area (Å²) in [5.74, 6) is 0.506. The summed E-state index contributed by atoms with van der Waals surface area (Å²) in [7, 11) is 0. The topological polar surface area (TPSA) is 32.3 Å². The molecule has 0 bridgehead atoms. The minimum atomic E-state index is -5.85. The van der Waals surface area contributed by atoms with Crippen LogP contribution in [-0.2, 0) is 5.60 Å². The zero-order chi connectivity index (χ0) is 15.9. The minimum absolute atomic E-state index is 0.414. The van der Waals surface area contributed by atoms with Gasteiger partial charge in [-0.05, 0) is 30.9 Å². The molecule has 1 saturated carbocycles. The molecule has 0 saturated heterocycles. The number of benzene rings is 1. The van der Waals surface area contributed by atoms with Crippen LogP contribution in [0.1, 0.15) is 18.4 Å². The van der Waals surface area contributed by atoms with Crippen LogP contribution in [0.2, 0.25) is 0 Å². The molecule has 8 heteroatoms. The molecule has 2 nitrogen and oxygen atoms in total. The Morgan fingerprint density at radius 3 is 1.81 bits per heavy atom. The lowest BCUT2D eigenvalue weighted by atomic mass is 9.92. The summed E-state index contributed by atoms with van der Waals surface area (Å²) < 4.78 is 76.0. The SMILES string of the molecule is OC(c1ccc(NCC2CC2)cc1)(C(F)(F)F)C(F)(F)F. The van der Waals surface area contributed by atoms with E-state index in [4.69, 9.17) is 0 Å².